The molecule has 18 heavy (non-hydrogen) atoms. The van der Waals surface area contributed by atoms with E-state index >= 15 is 0 Å². The number of aliphatic hydroxyl groups is 1. The topological polar surface area (TPSA) is 64.7 Å². The molecule has 0 radical (unpaired) electrons. The fourth-order valence-corrected chi connectivity index (χ4v) is 1.45. The van der Waals surface area contributed by atoms with Gasteiger partial charge in [-0.1, -0.05) is 6.07 Å². The molecule has 0 saturated heterocycles. The van der Waals surface area contributed by atoms with Crippen LogP contribution in [0.5, 0.6) is 11.5 Å². The van der Waals surface area contributed by atoms with Crippen LogP contribution in [-0.2, 0) is 0 Å². The first-order chi connectivity index (χ1) is 8.31. The van der Waals surface area contributed by atoms with Gasteiger partial charge in [0, 0.05) is 0 Å². The van der Waals surface area contributed by atoms with E-state index in [-0.39, 0.29) is 11.3 Å². The molecule has 0 fully saturated rings. The van der Waals surface area contributed by atoms with Gasteiger partial charge in [0.1, 0.15) is 0 Å². The van der Waals surface area contributed by atoms with Crippen molar-refractivity contribution in [3.63, 3.8) is 0 Å². The normalized spacial score (nSPS) is 15.1. The molecule has 7 heteroatoms. The molecule has 0 aliphatic heterocycles. The summed E-state index contributed by atoms with van der Waals surface area (Å²) >= 11 is 0. The summed E-state index contributed by atoms with van der Waals surface area (Å²) in [6.07, 6.45) is -7.40. The summed E-state index contributed by atoms with van der Waals surface area (Å²) < 4.78 is 46.9. The standard InChI is InChI=1S/C11H14F3NO3/c1-17-7-4-3-6(5-8(7)18-2)9(15)10(16)11(12,13)14/h3-5,9-10,16H,15H2,1-2H3/t9-,10-/m0/s1. The summed E-state index contributed by atoms with van der Waals surface area (Å²) in [5.41, 5.74) is 5.48. The van der Waals surface area contributed by atoms with Gasteiger partial charge in [-0.2, -0.15) is 13.2 Å². The fourth-order valence-electron chi connectivity index (χ4n) is 1.45. The molecule has 0 aliphatic rings. The van der Waals surface area contributed by atoms with E-state index in [1.807, 2.05) is 0 Å². The lowest BCUT2D eigenvalue weighted by Gasteiger charge is -2.22. The largest absolute Gasteiger partial charge is 0.493 e. The van der Waals surface area contributed by atoms with E-state index in [9.17, 15) is 13.2 Å². The molecule has 2 atom stereocenters. The van der Waals surface area contributed by atoms with E-state index < -0.39 is 18.3 Å². The van der Waals surface area contributed by atoms with Crippen LogP contribution in [0.3, 0.4) is 0 Å². The van der Waals surface area contributed by atoms with Crippen LogP contribution in [0.25, 0.3) is 0 Å². The maximum atomic E-state index is 12.3. The second-order valence-electron chi connectivity index (χ2n) is 3.63. The van der Waals surface area contributed by atoms with E-state index in [1.54, 1.807) is 0 Å². The van der Waals surface area contributed by atoms with Crippen molar-refractivity contribution in [1.29, 1.82) is 0 Å². The van der Waals surface area contributed by atoms with Crippen molar-refractivity contribution < 1.29 is 27.8 Å². The molecule has 4 nitrogen and oxygen atoms in total. The lowest BCUT2D eigenvalue weighted by atomic mass is 10.0. The second-order valence-corrected chi connectivity index (χ2v) is 3.63. The third kappa shape index (κ3) is 3.05. The highest BCUT2D eigenvalue weighted by Crippen LogP contribution is 2.33. The Balaban J connectivity index is 3.03. The van der Waals surface area contributed by atoms with Crippen LogP contribution in [0.2, 0.25) is 0 Å². The monoisotopic (exact) mass is 265 g/mol. The molecule has 0 heterocycles. The van der Waals surface area contributed by atoms with E-state index in [1.165, 1.54) is 32.4 Å². The second kappa shape index (κ2) is 5.45. The van der Waals surface area contributed by atoms with Crippen LogP contribution >= 0.6 is 0 Å². The van der Waals surface area contributed by atoms with Gasteiger partial charge >= 0.3 is 6.18 Å². The fraction of sp³-hybridized carbons (Fsp3) is 0.455. The highest BCUT2D eigenvalue weighted by atomic mass is 19.4. The van der Waals surface area contributed by atoms with Gasteiger partial charge in [-0.05, 0) is 17.7 Å². The van der Waals surface area contributed by atoms with Crippen LogP contribution in [0.1, 0.15) is 11.6 Å². The molecule has 0 spiro atoms. The molecule has 0 aliphatic carbocycles. The summed E-state index contributed by atoms with van der Waals surface area (Å²) in [4.78, 5) is 0. The molecule has 102 valence electrons. The molecule has 0 saturated carbocycles. The molecule has 0 amide bonds. The van der Waals surface area contributed by atoms with Crippen LogP contribution in [0.4, 0.5) is 13.2 Å². The van der Waals surface area contributed by atoms with Gasteiger partial charge in [0.25, 0.3) is 0 Å². The molecule has 0 unspecified atom stereocenters. The predicted octanol–water partition coefficient (Wildman–Crippen LogP) is 1.63. The van der Waals surface area contributed by atoms with Gasteiger partial charge in [-0.15, -0.1) is 0 Å². The van der Waals surface area contributed by atoms with E-state index in [4.69, 9.17) is 20.3 Å². The average molecular weight is 265 g/mol. The Hall–Kier alpha value is -1.47. The zero-order valence-corrected chi connectivity index (χ0v) is 9.86. The van der Waals surface area contributed by atoms with Gasteiger partial charge in [0.2, 0.25) is 0 Å². The Labute approximate surface area is 102 Å². The van der Waals surface area contributed by atoms with Crippen LogP contribution < -0.4 is 15.2 Å². The van der Waals surface area contributed by atoms with E-state index in [2.05, 4.69) is 0 Å². The Kier molecular flexibility index (Phi) is 4.42. The zero-order valence-electron chi connectivity index (χ0n) is 9.86. The van der Waals surface area contributed by atoms with Crippen LogP contribution in [0, 0.1) is 0 Å². The summed E-state index contributed by atoms with van der Waals surface area (Å²) in [5.74, 6) is 0.620. The van der Waals surface area contributed by atoms with Gasteiger partial charge < -0.3 is 20.3 Å². The summed E-state index contributed by atoms with van der Waals surface area (Å²) in [7, 11) is 2.76. The minimum absolute atomic E-state index is 0.109. The maximum Gasteiger partial charge on any atom is 0.416 e. The number of rotatable bonds is 4. The first-order valence-corrected chi connectivity index (χ1v) is 5.03. The summed E-state index contributed by atoms with van der Waals surface area (Å²) in [5, 5.41) is 9.08. The van der Waals surface area contributed by atoms with Crippen molar-refractivity contribution in [3.8, 4) is 11.5 Å². The van der Waals surface area contributed by atoms with Gasteiger partial charge in [-0.25, -0.2) is 0 Å². The number of methoxy groups -OCH3 is 2. The molecular formula is C11H14F3NO3. The van der Waals surface area contributed by atoms with Crippen molar-refractivity contribution in [2.24, 2.45) is 5.73 Å². The average Bonchev–Trinajstić information content (AvgIpc) is 2.34. The Morgan fingerprint density at radius 3 is 2.17 bits per heavy atom. The third-order valence-electron chi connectivity index (χ3n) is 2.47. The number of alkyl halides is 3. The smallest absolute Gasteiger partial charge is 0.416 e. The zero-order chi connectivity index (χ0) is 13.9. The third-order valence-corrected chi connectivity index (χ3v) is 2.47. The Morgan fingerprint density at radius 2 is 1.72 bits per heavy atom. The number of hydrogen-bond donors (Lipinski definition) is 2. The summed E-state index contributed by atoms with van der Waals surface area (Å²) in [6, 6.07) is 2.50. The van der Waals surface area contributed by atoms with Gasteiger partial charge in [-0.3, -0.25) is 0 Å². The highest BCUT2D eigenvalue weighted by molar-refractivity contribution is 5.44. The lowest BCUT2D eigenvalue weighted by Crippen LogP contribution is -2.38. The Morgan fingerprint density at radius 1 is 1.17 bits per heavy atom. The SMILES string of the molecule is COc1ccc([C@H](N)[C@H](O)C(F)(F)F)cc1OC. The highest BCUT2D eigenvalue weighted by Gasteiger charge is 2.42. The quantitative estimate of drug-likeness (QED) is 0.868. The Bertz CT molecular complexity index is 409. The first-order valence-electron chi connectivity index (χ1n) is 5.03. The molecular weight excluding hydrogens is 251 g/mol. The molecule has 0 bridgehead atoms. The first kappa shape index (κ1) is 14.6. The maximum absolute atomic E-state index is 12.3. The number of ether oxygens (including phenoxy) is 2. The number of aliphatic hydroxyl groups excluding tert-OH is 1. The van der Waals surface area contributed by atoms with Gasteiger partial charge in [0.05, 0.1) is 20.3 Å². The summed E-state index contributed by atoms with van der Waals surface area (Å²) in [6.45, 7) is 0. The van der Waals surface area contributed by atoms with Crippen molar-refractivity contribution in [2.45, 2.75) is 18.3 Å². The molecule has 1 aromatic rings. The van der Waals surface area contributed by atoms with Gasteiger partial charge in [0.15, 0.2) is 17.6 Å². The van der Waals surface area contributed by atoms with Crippen molar-refractivity contribution in [2.75, 3.05) is 14.2 Å². The minimum atomic E-state index is -4.77. The molecule has 3 N–H and O–H groups in total. The molecule has 1 aromatic carbocycles. The van der Waals surface area contributed by atoms with Crippen molar-refractivity contribution in [1.82, 2.24) is 0 Å². The van der Waals surface area contributed by atoms with Crippen molar-refractivity contribution in [3.05, 3.63) is 23.8 Å². The lowest BCUT2D eigenvalue weighted by molar-refractivity contribution is -0.210. The number of benzene rings is 1. The van der Waals surface area contributed by atoms with Crippen molar-refractivity contribution >= 4 is 0 Å². The molecule has 0 aromatic heterocycles. The molecule has 1 rings (SSSR count). The minimum Gasteiger partial charge on any atom is -0.493 e. The number of hydrogen-bond acceptors (Lipinski definition) is 4. The van der Waals surface area contributed by atoms with Crippen LogP contribution in [0.15, 0.2) is 18.2 Å². The van der Waals surface area contributed by atoms with E-state index in [0.717, 1.165) is 0 Å². The predicted molar refractivity (Wildman–Crippen MR) is 58.5 cm³/mol. The number of halogens is 3. The van der Waals surface area contributed by atoms with E-state index in [0.29, 0.717) is 5.75 Å². The van der Waals surface area contributed by atoms with Crippen LogP contribution in [-0.4, -0.2) is 31.6 Å². The number of nitrogens with two attached hydrogens (primary N) is 1.